The van der Waals surface area contributed by atoms with E-state index in [0.29, 0.717) is 13.0 Å². The summed E-state index contributed by atoms with van der Waals surface area (Å²) in [5.74, 6) is -0.947. The van der Waals surface area contributed by atoms with Crippen LogP contribution in [0.3, 0.4) is 0 Å². The number of carboxylic acids is 1. The Morgan fingerprint density at radius 2 is 1.89 bits per heavy atom. The van der Waals surface area contributed by atoms with Crippen molar-refractivity contribution in [3.8, 4) is 0 Å². The third kappa shape index (κ3) is 2.00. The number of likely N-dealkylation sites (tertiary alicyclic amines) is 1. The summed E-state index contributed by atoms with van der Waals surface area (Å²) in [6, 6.07) is 0. The molecule has 18 heavy (non-hydrogen) atoms. The molecule has 2 fully saturated rings. The molecule has 2 heterocycles. The summed E-state index contributed by atoms with van der Waals surface area (Å²) < 4.78 is 0. The Morgan fingerprint density at radius 1 is 1.17 bits per heavy atom. The van der Waals surface area contributed by atoms with Crippen molar-refractivity contribution in [2.45, 2.75) is 57.0 Å². The van der Waals surface area contributed by atoms with Gasteiger partial charge in [0.15, 0.2) is 0 Å². The number of carbonyl (C=O) groups is 2. The van der Waals surface area contributed by atoms with E-state index < -0.39 is 17.0 Å². The first-order chi connectivity index (χ1) is 8.40. The van der Waals surface area contributed by atoms with Crippen LogP contribution in [0.4, 0.5) is 0 Å². The zero-order valence-corrected chi connectivity index (χ0v) is 11.2. The molecule has 2 saturated heterocycles. The summed E-state index contributed by atoms with van der Waals surface area (Å²) in [5.41, 5.74) is -1.61. The minimum Gasteiger partial charge on any atom is -0.480 e. The average Bonchev–Trinajstić information content (AvgIpc) is 2.72. The van der Waals surface area contributed by atoms with E-state index >= 15 is 0 Å². The van der Waals surface area contributed by atoms with Gasteiger partial charge in [-0.05, 0) is 52.5 Å². The molecule has 102 valence electrons. The van der Waals surface area contributed by atoms with Gasteiger partial charge in [0.2, 0.25) is 5.91 Å². The fourth-order valence-corrected chi connectivity index (χ4v) is 3.05. The molecule has 2 rings (SSSR count). The molecule has 2 unspecified atom stereocenters. The Hall–Kier alpha value is -1.10. The molecule has 2 aliphatic heterocycles. The van der Waals surface area contributed by atoms with Crippen LogP contribution in [0.5, 0.6) is 0 Å². The predicted molar refractivity (Wildman–Crippen MR) is 67.2 cm³/mol. The molecular weight excluding hydrogens is 232 g/mol. The van der Waals surface area contributed by atoms with Gasteiger partial charge in [-0.25, -0.2) is 4.79 Å². The van der Waals surface area contributed by atoms with Crippen LogP contribution in [0.1, 0.15) is 46.0 Å². The highest BCUT2D eigenvalue weighted by Gasteiger charge is 2.50. The van der Waals surface area contributed by atoms with Gasteiger partial charge in [-0.2, -0.15) is 0 Å². The van der Waals surface area contributed by atoms with Crippen molar-refractivity contribution in [1.29, 1.82) is 0 Å². The standard InChI is InChI=1S/C13H22N2O3/c1-12(6-3-4-8-14-12)10(16)15-9-5-7-13(15,2)11(17)18/h14H,3-9H2,1-2H3,(H,17,18). The van der Waals surface area contributed by atoms with E-state index in [4.69, 9.17) is 0 Å². The molecule has 5 nitrogen and oxygen atoms in total. The van der Waals surface area contributed by atoms with Gasteiger partial charge < -0.3 is 15.3 Å². The highest BCUT2D eigenvalue weighted by atomic mass is 16.4. The highest BCUT2D eigenvalue weighted by molar-refractivity contribution is 5.92. The first kappa shape index (κ1) is 13.3. The molecule has 0 radical (unpaired) electrons. The van der Waals surface area contributed by atoms with Crippen LogP contribution in [0.25, 0.3) is 0 Å². The summed E-state index contributed by atoms with van der Waals surface area (Å²) in [5, 5.41) is 12.6. The maximum Gasteiger partial charge on any atom is 0.329 e. The fourth-order valence-electron chi connectivity index (χ4n) is 3.05. The van der Waals surface area contributed by atoms with Crippen molar-refractivity contribution >= 4 is 11.9 Å². The van der Waals surface area contributed by atoms with Crippen LogP contribution in [0, 0.1) is 0 Å². The molecule has 2 aliphatic rings. The average molecular weight is 254 g/mol. The molecule has 2 N–H and O–H groups in total. The van der Waals surface area contributed by atoms with Gasteiger partial charge in [0.05, 0.1) is 5.54 Å². The number of nitrogens with zero attached hydrogens (tertiary/aromatic N) is 1. The van der Waals surface area contributed by atoms with Gasteiger partial charge in [-0.3, -0.25) is 4.79 Å². The van der Waals surface area contributed by atoms with Gasteiger partial charge in [0.1, 0.15) is 5.54 Å². The number of amides is 1. The van der Waals surface area contributed by atoms with Crippen molar-refractivity contribution in [3.05, 3.63) is 0 Å². The van der Waals surface area contributed by atoms with E-state index in [-0.39, 0.29) is 5.91 Å². The maximum absolute atomic E-state index is 12.6. The molecule has 0 aromatic heterocycles. The van der Waals surface area contributed by atoms with Crippen LogP contribution < -0.4 is 5.32 Å². The molecule has 0 aliphatic carbocycles. The molecule has 0 saturated carbocycles. The SMILES string of the molecule is CC1(C(=O)N2CCCC2(C)C(=O)O)CCCCN1. The van der Waals surface area contributed by atoms with Crippen LogP contribution in [0.2, 0.25) is 0 Å². The van der Waals surface area contributed by atoms with Gasteiger partial charge >= 0.3 is 5.97 Å². The first-order valence-electron chi connectivity index (χ1n) is 6.71. The molecule has 0 bridgehead atoms. The summed E-state index contributed by atoms with van der Waals surface area (Å²) in [7, 11) is 0. The van der Waals surface area contributed by atoms with Crippen LogP contribution in [-0.2, 0) is 9.59 Å². The zero-order chi connectivity index (χ0) is 13.4. The summed E-state index contributed by atoms with van der Waals surface area (Å²) >= 11 is 0. The number of carbonyl (C=O) groups excluding carboxylic acids is 1. The Labute approximate surface area is 108 Å². The van der Waals surface area contributed by atoms with E-state index in [9.17, 15) is 14.7 Å². The lowest BCUT2D eigenvalue weighted by Gasteiger charge is -2.41. The lowest BCUT2D eigenvalue weighted by molar-refractivity contribution is -0.158. The van der Waals surface area contributed by atoms with Crippen LogP contribution >= 0.6 is 0 Å². The summed E-state index contributed by atoms with van der Waals surface area (Å²) in [4.78, 5) is 25.6. The van der Waals surface area contributed by atoms with E-state index in [0.717, 1.165) is 32.2 Å². The minimum atomic E-state index is -1.03. The smallest absolute Gasteiger partial charge is 0.329 e. The van der Waals surface area contributed by atoms with Gasteiger partial charge in [0.25, 0.3) is 0 Å². The molecule has 0 aromatic carbocycles. The molecule has 0 aromatic rings. The van der Waals surface area contributed by atoms with E-state index in [2.05, 4.69) is 5.32 Å². The monoisotopic (exact) mass is 254 g/mol. The van der Waals surface area contributed by atoms with Crippen LogP contribution in [0.15, 0.2) is 0 Å². The molecular formula is C13H22N2O3. The minimum absolute atomic E-state index is 0.0513. The summed E-state index contributed by atoms with van der Waals surface area (Å²) in [6.45, 7) is 4.94. The highest BCUT2D eigenvalue weighted by Crippen LogP contribution is 2.33. The third-order valence-corrected chi connectivity index (χ3v) is 4.44. The van der Waals surface area contributed by atoms with Crippen molar-refractivity contribution in [2.75, 3.05) is 13.1 Å². The topological polar surface area (TPSA) is 69.6 Å². The second kappa shape index (κ2) is 4.53. The number of rotatable bonds is 2. The number of hydrogen-bond acceptors (Lipinski definition) is 3. The second-order valence-corrected chi connectivity index (χ2v) is 5.86. The van der Waals surface area contributed by atoms with E-state index in [1.165, 1.54) is 0 Å². The largest absolute Gasteiger partial charge is 0.480 e. The van der Waals surface area contributed by atoms with Crippen LogP contribution in [-0.4, -0.2) is 46.1 Å². The Balaban J connectivity index is 2.20. The number of aliphatic carboxylic acids is 1. The number of nitrogens with one attached hydrogen (secondary N) is 1. The van der Waals surface area contributed by atoms with Crippen molar-refractivity contribution < 1.29 is 14.7 Å². The lowest BCUT2D eigenvalue weighted by Crippen LogP contribution is -2.62. The van der Waals surface area contributed by atoms with Gasteiger partial charge in [0, 0.05) is 6.54 Å². The first-order valence-corrected chi connectivity index (χ1v) is 6.71. The third-order valence-electron chi connectivity index (χ3n) is 4.44. The number of carboxylic acid groups (broad SMARTS) is 1. The Kier molecular flexibility index (Phi) is 3.36. The number of piperidine rings is 1. The van der Waals surface area contributed by atoms with E-state index in [1.54, 1.807) is 11.8 Å². The molecule has 2 atom stereocenters. The van der Waals surface area contributed by atoms with Crippen molar-refractivity contribution in [2.24, 2.45) is 0 Å². The molecule has 1 amide bonds. The maximum atomic E-state index is 12.6. The molecule has 5 heteroatoms. The number of hydrogen-bond donors (Lipinski definition) is 2. The van der Waals surface area contributed by atoms with Crippen molar-refractivity contribution in [1.82, 2.24) is 10.2 Å². The van der Waals surface area contributed by atoms with Gasteiger partial charge in [-0.1, -0.05) is 0 Å². The zero-order valence-electron chi connectivity index (χ0n) is 11.2. The molecule has 0 spiro atoms. The lowest BCUT2D eigenvalue weighted by atomic mass is 9.88. The van der Waals surface area contributed by atoms with Crippen molar-refractivity contribution in [3.63, 3.8) is 0 Å². The normalized spacial score (nSPS) is 36.7. The summed E-state index contributed by atoms with van der Waals surface area (Å²) in [6.07, 6.45) is 4.21. The van der Waals surface area contributed by atoms with E-state index in [1.807, 2.05) is 6.92 Å². The fraction of sp³-hybridized carbons (Fsp3) is 0.846. The Bertz CT molecular complexity index is 363. The second-order valence-electron chi connectivity index (χ2n) is 5.86. The predicted octanol–water partition coefficient (Wildman–Crippen LogP) is 0.984. The quantitative estimate of drug-likeness (QED) is 0.771. The Morgan fingerprint density at radius 3 is 2.44 bits per heavy atom. The van der Waals surface area contributed by atoms with Gasteiger partial charge in [-0.15, -0.1) is 0 Å².